The second-order valence-corrected chi connectivity index (χ2v) is 10.1. The fourth-order valence-corrected chi connectivity index (χ4v) is 5.29. The van der Waals surface area contributed by atoms with Crippen LogP contribution in [0.5, 0.6) is 5.75 Å². The van der Waals surface area contributed by atoms with E-state index >= 15 is 0 Å². The molecule has 0 aliphatic carbocycles. The second-order valence-electron chi connectivity index (χ2n) is 8.70. The van der Waals surface area contributed by atoms with Crippen molar-refractivity contribution in [2.45, 2.75) is 56.9 Å². The zero-order valence-corrected chi connectivity index (χ0v) is 19.8. The first-order valence-electron chi connectivity index (χ1n) is 11.5. The number of hydrogen-bond donors (Lipinski definition) is 1. The van der Waals surface area contributed by atoms with Crippen LogP contribution in [0.4, 0.5) is 0 Å². The molecule has 1 N–H and O–H groups in total. The van der Waals surface area contributed by atoms with Gasteiger partial charge in [-0.05, 0) is 74.1 Å². The van der Waals surface area contributed by atoms with E-state index in [0.717, 1.165) is 84.4 Å². The lowest BCUT2D eigenvalue weighted by molar-refractivity contribution is -0.130. The smallest absolute Gasteiger partial charge is 0.222 e. The Morgan fingerprint density at radius 3 is 2.44 bits per heavy atom. The highest BCUT2D eigenvalue weighted by Crippen LogP contribution is 2.35. The Labute approximate surface area is 192 Å². The van der Waals surface area contributed by atoms with E-state index in [2.05, 4.69) is 11.5 Å². The molecule has 32 heavy (non-hydrogen) atoms. The van der Waals surface area contributed by atoms with Gasteiger partial charge in [0.25, 0.3) is 0 Å². The summed E-state index contributed by atoms with van der Waals surface area (Å²) >= 11 is 0. The van der Waals surface area contributed by atoms with Crippen LogP contribution >= 0.6 is 0 Å². The molecule has 1 fully saturated rings. The van der Waals surface area contributed by atoms with Gasteiger partial charge in [-0.1, -0.05) is 18.6 Å². The van der Waals surface area contributed by atoms with E-state index in [4.69, 9.17) is 0 Å². The van der Waals surface area contributed by atoms with Crippen molar-refractivity contribution in [3.05, 3.63) is 48.0 Å². The molecular weight excluding hydrogens is 420 g/mol. The maximum absolute atomic E-state index is 12.3. The first kappa shape index (κ1) is 22.6. The highest BCUT2D eigenvalue weighted by molar-refractivity contribution is 7.84. The van der Waals surface area contributed by atoms with Crippen molar-refractivity contribution in [2.24, 2.45) is 0 Å². The van der Waals surface area contributed by atoms with Gasteiger partial charge in [-0.15, -0.1) is 0 Å². The fourth-order valence-electron chi connectivity index (χ4n) is 4.77. The van der Waals surface area contributed by atoms with Crippen molar-refractivity contribution in [3.63, 3.8) is 0 Å². The molecule has 1 aromatic heterocycles. The van der Waals surface area contributed by atoms with Crippen LogP contribution in [-0.4, -0.2) is 44.0 Å². The van der Waals surface area contributed by atoms with E-state index in [-0.39, 0.29) is 5.75 Å². The SMILES string of the molecule is Cc1c(-c2ccc(S(C)=O)cc2)n(CCCCCC(=O)N2CCCC2)c2ccc(O)cc12. The van der Waals surface area contributed by atoms with E-state index in [9.17, 15) is 14.1 Å². The van der Waals surface area contributed by atoms with Gasteiger partial charge in [0.1, 0.15) is 5.75 Å². The molecular formula is C26H32N2O3S. The van der Waals surface area contributed by atoms with E-state index in [1.807, 2.05) is 41.3 Å². The third-order valence-electron chi connectivity index (χ3n) is 6.49. The Hall–Kier alpha value is -2.60. The zero-order chi connectivity index (χ0) is 22.7. The van der Waals surface area contributed by atoms with E-state index in [0.29, 0.717) is 12.3 Å². The number of aromatic nitrogens is 1. The van der Waals surface area contributed by atoms with Crippen molar-refractivity contribution in [1.29, 1.82) is 0 Å². The summed E-state index contributed by atoms with van der Waals surface area (Å²) in [6, 6.07) is 13.5. The Kier molecular flexibility index (Phi) is 6.99. The van der Waals surface area contributed by atoms with E-state index in [1.54, 1.807) is 12.3 Å². The van der Waals surface area contributed by atoms with Crippen LogP contribution < -0.4 is 0 Å². The number of carbonyl (C=O) groups excluding carboxylic acids is 1. The Bertz CT molecular complexity index is 1130. The molecule has 0 bridgehead atoms. The van der Waals surface area contributed by atoms with Crippen LogP contribution in [0.2, 0.25) is 0 Å². The topological polar surface area (TPSA) is 62.5 Å². The molecule has 5 nitrogen and oxygen atoms in total. The number of aryl methyl sites for hydroxylation is 2. The quantitative estimate of drug-likeness (QED) is 0.475. The number of fused-ring (bicyclic) bond motifs is 1. The molecule has 1 aliphatic heterocycles. The summed E-state index contributed by atoms with van der Waals surface area (Å²) in [6.45, 7) is 4.79. The first-order chi connectivity index (χ1) is 15.5. The molecule has 1 aliphatic rings. The average molecular weight is 453 g/mol. The number of phenolic OH excluding ortho intramolecular Hbond substituents is 1. The summed E-state index contributed by atoms with van der Waals surface area (Å²) in [5.41, 5.74) is 4.45. The highest BCUT2D eigenvalue weighted by Gasteiger charge is 2.18. The van der Waals surface area contributed by atoms with Crippen molar-refractivity contribution in [2.75, 3.05) is 19.3 Å². The summed E-state index contributed by atoms with van der Waals surface area (Å²) in [6.07, 6.45) is 7.51. The Morgan fingerprint density at radius 2 is 1.75 bits per heavy atom. The number of nitrogens with zero attached hydrogens (tertiary/aromatic N) is 2. The lowest BCUT2D eigenvalue weighted by Crippen LogP contribution is -2.27. The molecule has 1 atom stereocenters. The number of aromatic hydroxyl groups is 1. The van der Waals surface area contributed by atoms with Gasteiger partial charge in [0.15, 0.2) is 0 Å². The third-order valence-corrected chi connectivity index (χ3v) is 7.43. The maximum Gasteiger partial charge on any atom is 0.222 e. The van der Waals surface area contributed by atoms with Crippen LogP contribution in [0.3, 0.4) is 0 Å². The lowest BCUT2D eigenvalue weighted by Gasteiger charge is -2.15. The standard InChI is InChI=1S/C26H32N2O3S/c1-19-23-18-21(29)11-14-24(23)28(26(19)20-9-12-22(13-10-20)32(2)31)17-5-3-4-8-25(30)27-15-6-7-16-27/h9-14,18,29H,3-8,15-17H2,1-2H3. The molecule has 0 spiro atoms. The normalized spacial score (nSPS) is 14.9. The summed E-state index contributed by atoms with van der Waals surface area (Å²) < 4.78 is 14.1. The number of amides is 1. The number of carbonyl (C=O) groups is 1. The molecule has 1 saturated heterocycles. The van der Waals surface area contributed by atoms with Crippen LogP contribution in [-0.2, 0) is 22.1 Å². The van der Waals surface area contributed by atoms with Crippen LogP contribution in [0.1, 0.15) is 44.1 Å². The first-order valence-corrected chi connectivity index (χ1v) is 13.0. The number of phenols is 1. The van der Waals surface area contributed by atoms with Gasteiger partial charge in [0.05, 0.1) is 5.69 Å². The Morgan fingerprint density at radius 1 is 1.03 bits per heavy atom. The largest absolute Gasteiger partial charge is 0.508 e. The molecule has 3 aromatic rings. The average Bonchev–Trinajstić information content (AvgIpc) is 3.41. The molecule has 2 aromatic carbocycles. The second kappa shape index (κ2) is 9.90. The van der Waals surface area contributed by atoms with Gasteiger partial charge in [-0.2, -0.15) is 0 Å². The van der Waals surface area contributed by atoms with Crippen molar-refractivity contribution >= 4 is 27.6 Å². The van der Waals surface area contributed by atoms with Crippen LogP contribution in [0.25, 0.3) is 22.2 Å². The van der Waals surface area contributed by atoms with Crippen molar-refractivity contribution in [3.8, 4) is 17.0 Å². The van der Waals surface area contributed by atoms with Gasteiger partial charge in [0.2, 0.25) is 5.91 Å². The predicted molar refractivity (Wildman–Crippen MR) is 130 cm³/mol. The van der Waals surface area contributed by atoms with Gasteiger partial charge in [-0.3, -0.25) is 9.00 Å². The van der Waals surface area contributed by atoms with Crippen LogP contribution in [0.15, 0.2) is 47.4 Å². The summed E-state index contributed by atoms with van der Waals surface area (Å²) in [5.74, 6) is 0.566. The molecule has 0 saturated carbocycles. The molecule has 1 amide bonds. The highest BCUT2D eigenvalue weighted by atomic mass is 32.2. The molecule has 1 unspecified atom stereocenters. The maximum atomic E-state index is 12.3. The minimum Gasteiger partial charge on any atom is -0.508 e. The summed E-state index contributed by atoms with van der Waals surface area (Å²) in [5, 5.41) is 11.1. The molecule has 2 heterocycles. The summed E-state index contributed by atoms with van der Waals surface area (Å²) in [4.78, 5) is 15.1. The van der Waals surface area contributed by atoms with Gasteiger partial charge >= 0.3 is 0 Å². The zero-order valence-electron chi connectivity index (χ0n) is 19.0. The fraction of sp³-hybridized carbons (Fsp3) is 0.423. The number of rotatable bonds is 8. The predicted octanol–water partition coefficient (Wildman–Crippen LogP) is 5.24. The molecule has 0 radical (unpaired) electrons. The minimum atomic E-state index is -1.01. The minimum absolute atomic E-state index is 0.265. The molecule has 170 valence electrons. The van der Waals surface area contributed by atoms with Gasteiger partial charge < -0.3 is 14.6 Å². The van der Waals surface area contributed by atoms with Crippen LogP contribution in [0, 0.1) is 6.92 Å². The number of unbranched alkanes of at least 4 members (excludes halogenated alkanes) is 2. The monoisotopic (exact) mass is 452 g/mol. The van der Waals surface area contributed by atoms with E-state index in [1.165, 1.54) is 0 Å². The van der Waals surface area contributed by atoms with E-state index < -0.39 is 10.8 Å². The van der Waals surface area contributed by atoms with Crippen molar-refractivity contribution < 1.29 is 14.1 Å². The Balaban J connectivity index is 1.52. The van der Waals surface area contributed by atoms with Crippen molar-refractivity contribution in [1.82, 2.24) is 9.47 Å². The molecule has 6 heteroatoms. The molecule has 4 rings (SSSR count). The third kappa shape index (κ3) is 4.75. The summed E-state index contributed by atoms with van der Waals surface area (Å²) in [7, 11) is -1.01. The van der Waals surface area contributed by atoms with Gasteiger partial charge in [0, 0.05) is 58.9 Å². The number of benzene rings is 2. The lowest BCUT2D eigenvalue weighted by atomic mass is 10.1. The number of hydrogen-bond acceptors (Lipinski definition) is 3. The number of likely N-dealkylation sites (tertiary alicyclic amines) is 1. The van der Waals surface area contributed by atoms with Gasteiger partial charge in [-0.25, -0.2) is 0 Å².